The standard InChI is InChI=1S/C16H18O/c1-4-12-6-7-16-13(5-2)9-14(11(3)17)10-15(16)8-12/h6-10H,4-5H2,1-3H3. The van der Waals surface area contributed by atoms with Crippen molar-refractivity contribution in [3.8, 4) is 0 Å². The Morgan fingerprint density at radius 1 is 1.06 bits per heavy atom. The molecular weight excluding hydrogens is 208 g/mol. The first-order valence-electron chi connectivity index (χ1n) is 6.22. The maximum Gasteiger partial charge on any atom is 0.159 e. The number of benzene rings is 2. The second-order valence-corrected chi connectivity index (χ2v) is 4.45. The summed E-state index contributed by atoms with van der Waals surface area (Å²) in [6.07, 6.45) is 1.99. The highest BCUT2D eigenvalue weighted by Crippen LogP contribution is 2.23. The Labute approximate surface area is 102 Å². The Morgan fingerprint density at radius 3 is 2.41 bits per heavy atom. The highest BCUT2D eigenvalue weighted by atomic mass is 16.1. The van der Waals surface area contributed by atoms with Gasteiger partial charge in [0.15, 0.2) is 5.78 Å². The minimum absolute atomic E-state index is 0.142. The van der Waals surface area contributed by atoms with Crippen molar-refractivity contribution in [3.05, 3.63) is 47.0 Å². The van der Waals surface area contributed by atoms with Crippen LogP contribution in [0, 0.1) is 0 Å². The second kappa shape index (κ2) is 4.70. The molecule has 88 valence electrons. The van der Waals surface area contributed by atoms with Gasteiger partial charge in [-0.15, -0.1) is 0 Å². The van der Waals surface area contributed by atoms with Gasteiger partial charge >= 0.3 is 0 Å². The Morgan fingerprint density at radius 2 is 1.82 bits per heavy atom. The molecule has 0 radical (unpaired) electrons. The molecule has 2 rings (SSSR count). The lowest BCUT2D eigenvalue weighted by molar-refractivity contribution is 0.101. The summed E-state index contributed by atoms with van der Waals surface area (Å²) >= 11 is 0. The minimum Gasteiger partial charge on any atom is -0.295 e. The number of hydrogen-bond acceptors (Lipinski definition) is 1. The first-order valence-corrected chi connectivity index (χ1v) is 6.22. The summed E-state index contributed by atoms with van der Waals surface area (Å²) in [5.41, 5.74) is 3.40. The van der Waals surface area contributed by atoms with Crippen molar-refractivity contribution >= 4 is 16.6 Å². The molecule has 0 fully saturated rings. The van der Waals surface area contributed by atoms with E-state index in [1.165, 1.54) is 21.9 Å². The van der Waals surface area contributed by atoms with E-state index in [1.54, 1.807) is 6.92 Å². The quantitative estimate of drug-likeness (QED) is 0.718. The van der Waals surface area contributed by atoms with Crippen LogP contribution in [-0.4, -0.2) is 5.78 Å². The molecule has 1 nitrogen and oxygen atoms in total. The summed E-state index contributed by atoms with van der Waals surface area (Å²) in [5.74, 6) is 0.142. The molecule has 0 unspecified atom stereocenters. The van der Waals surface area contributed by atoms with E-state index in [0.29, 0.717) is 0 Å². The van der Waals surface area contributed by atoms with Crippen LogP contribution < -0.4 is 0 Å². The lowest BCUT2D eigenvalue weighted by Crippen LogP contribution is -1.95. The number of aryl methyl sites for hydroxylation is 2. The average molecular weight is 226 g/mol. The molecular formula is C16H18O. The van der Waals surface area contributed by atoms with Gasteiger partial charge in [0, 0.05) is 5.56 Å². The Bertz CT molecular complexity index is 567. The minimum atomic E-state index is 0.142. The van der Waals surface area contributed by atoms with Crippen molar-refractivity contribution < 1.29 is 4.79 Å². The number of hydrogen-bond donors (Lipinski definition) is 0. The van der Waals surface area contributed by atoms with Gasteiger partial charge in [-0.3, -0.25) is 4.79 Å². The summed E-state index contributed by atoms with van der Waals surface area (Å²) in [7, 11) is 0. The summed E-state index contributed by atoms with van der Waals surface area (Å²) < 4.78 is 0. The third-order valence-corrected chi connectivity index (χ3v) is 3.30. The molecule has 0 heterocycles. The van der Waals surface area contributed by atoms with Crippen LogP contribution in [0.1, 0.15) is 42.3 Å². The smallest absolute Gasteiger partial charge is 0.159 e. The summed E-state index contributed by atoms with van der Waals surface area (Å²) in [6, 6.07) is 10.6. The van der Waals surface area contributed by atoms with Gasteiger partial charge in [-0.25, -0.2) is 0 Å². The summed E-state index contributed by atoms with van der Waals surface area (Å²) in [4.78, 5) is 11.5. The van der Waals surface area contributed by atoms with Crippen LogP contribution in [0.2, 0.25) is 0 Å². The zero-order chi connectivity index (χ0) is 12.4. The number of fused-ring (bicyclic) bond motifs is 1. The molecule has 0 spiro atoms. The van der Waals surface area contributed by atoms with Crippen LogP contribution in [0.5, 0.6) is 0 Å². The van der Waals surface area contributed by atoms with Gasteiger partial charge in [-0.1, -0.05) is 32.0 Å². The third-order valence-electron chi connectivity index (χ3n) is 3.30. The fourth-order valence-electron chi connectivity index (χ4n) is 2.21. The normalized spacial score (nSPS) is 10.8. The molecule has 1 heteroatoms. The number of carbonyl (C=O) groups excluding carboxylic acids is 1. The molecule has 0 saturated carbocycles. The van der Waals surface area contributed by atoms with Crippen LogP contribution in [0.3, 0.4) is 0 Å². The molecule has 0 aliphatic rings. The molecule has 0 N–H and O–H groups in total. The third kappa shape index (κ3) is 2.23. The molecule has 2 aromatic carbocycles. The van der Waals surface area contributed by atoms with Crippen molar-refractivity contribution in [2.24, 2.45) is 0 Å². The highest BCUT2D eigenvalue weighted by Gasteiger charge is 2.06. The molecule has 0 aromatic heterocycles. The van der Waals surface area contributed by atoms with E-state index in [2.05, 4.69) is 32.0 Å². The van der Waals surface area contributed by atoms with Crippen LogP contribution >= 0.6 is 0 Å². The van der Waals surface area contributed by atoms with Gasteiger partial charge < -0.3 is 0 Å². The second-order valence-electron chi connectivity index (χ2n) is 4.45. The SMILES string of the molecule is CCc1ccc2c(CC)cc(C(C)=O)cc2c1. The highest BCUT2D eigenvalue weighted by molar-refractivity contribution is 5.99. The van der Waals surface area contributed by atoms with E-state index in [1.807, 2.05) is 12.1 Å². The molecule has 0 aliphatic heterocycles. The summed E-state index contributed by atoms with van der Waals surface area (Å²) in [6.45, 7) is 5.91. The van der Waals surface area contributed by atoms with Crippen LogP contribution in [0.25, 0.3) is 10.8 Å². The Hall–Kier alpha value is -1.63. The molecule has 17 heavy (non-hydrogen) atoms. The lowest BCUT2D eigenvalue weighted by Gasteiger charge is -2.08. The zero-order valence-corrected chi connectivity index (χ0v) is 10.7. The van der Waals surface area contributed by atoms with Crippen molar-refractivity contribution in [3.63, 3.8) is 0 Å². The van der Waals surface area contributed by atoms with Gasteiger partial charge in [-0.05, 0) is 53.8 Å². The molecule has 0 aliphatic carbocycles. The zero-order valence-electron chi connectivity index (χ0n) is 10.7. The van der Waals surface area contributed by atoms with Gasteiger partial charge in [0.1, 0.15) is 0 Å². The van der Waals surface area contributed by atoms with Crippen LogP contribution in [0.15, 0.2) is 30.3 Å². The molecule has 2 aromatic rings. The first kappa shape index (κ1) is 11.8. The van der Waals surface area contributed by atoms with Gasteiger partial charge in [0.2, 0.25) is 0 Å². The van der Waals surface area contributed by atoms with Crippen molar-refractivity contribution in [1.82, 2.24) is 0 Å². The maximum atomic E-state index is 11.5. The molecule has 0 bridgehead atoms. The van der Waals surface area contributed by atoms with Crippen LogP contribution in [-0.2, 0) is 12.8 Å². The van der Waals surface area contributed by atoms with Gasteiger partial charge in [0.25, 0.3) is 0 Å². The van der Waals surface area contributed by atoms with E-state index < -0.39 is 0 Å². The largest absolute Gasteiger partial charge is 0.295 e. The topological polar surface area (TPSA) is 17.1 Å². The number of ketones is 1. The van der Waals surface area contributed by atoms with E-state index in [0.717, 1.165) is 18.4 Å². The average Bonchev–Trinajstić information content (AvgIpc) is 2.36. The van der Waals surface area contributed by atoms with Crippen molar-refractivity contribution in [1.29, 1.82) is 0 Å². The van der Waals surface area contributed by atoms with E-state index in [4.69, 9.17) is 0 Å². The van der Waals surface area contributed by atoms with E-state index in [-0.39, 0.29) is 5.78 Å². The van der Waals surface area contributed by atoms with E-state index in [9.17, 15) is 4.79 Å². The van der Waals surface area contributed by atoms with Gasteiger partial charge in [-0.2, -0.15) is 0 Å². The molecule has 0 saturated heterocycles. The fourth-order valence-corrected chi connectivity index (χ4v) is 2.21. The first-order chi connectivity index (χ1) is 8.15. The number of rotatable bonds is 3. The predicted octanol–water partition coefficient (Wildman–Crippen LogP) is 4.17. The maximum absolute atomic E-state index is 11.5. The van der Waals surface area contributed by atoms with Gasteiger partial charge in [0.05, 0.1) is 0 Å². The Balaban J connectivity index is 2.73. The van der Waals surface area contributed by atoms with Crippen molar-refractivity contribution in [2.45, 2.75) is 33.6 Å². The number of carbonyl (C=O) groups is 1. The predicted molar refractivity (Wildman–Crippen MR) is 72.7 cm³/mol. The monoisotopic (exact) mass is 226 g/mol. The number of Topliss-reactive ketones (excluding diaryl/α,β-unsaturated/α-hetero) is 1. The fraction of sp³-hybridized carbons (Fsp3) is 0.312. The molecule has 0 amide bonds. The lowest BCUT2D eigenvalue weighted by atomic mass is 9.96. The molecule has 0 atom stereocenters. The van der Waals surface area contributed by atoms with Crippen molar-refractivity contribution in [2.75, 3.05) is 0 Å². The van der Waals surface area contributed by atoms with Crippen LogP contribution in [0.4, 0.5) is 0 Å². The Kier molecular flexibility index (Phi) is 3.28. The summed E-state index contributed by atoms with van der Waals surface area (Å²) in [5, 5.41) is 2.46. The van der Waals surface area contributed by atoms with E-state index >= 15 is 0 Å².